The van der Waals surface area contributed by atoms with Crippen molar-refractivity contribution in [1.29, 1.82) is 0 Å². The van der Waals surface area contributed by atoms with Crippen molar-refractivity contribution in [1.82, 2.24) is 5.32 Å². The molecule has 0 aromatic heterocycles. The van der Waals surface area contributed by atoms with E-state index in [1.807, 2.05) is 27.7 Å². The van der Waals surface area contributed by atoms with Gasteiger partial charge in [-0.3, -0.25) is 0 Å². The van der Waals surface area contributed by atoms with E-state index in [0.29, 0.717) is 35.0 Å². The predicted octanol–water partition coefficient (Wildman–Crippen LogP) is 7.73. The van der Waals surface area contributed by atoms with Crippen LogP contribution in [0.5, 0.6) is 0 Å². The Morgan fingerprint density at radius 3 is 0.946 bits per heavy atom. The van der Waals surface area contributed by atoms with Gasteiger partial charge in [-0.15, -0.1) is 0 Å². The molecule has 0 bridgehead atoms. The maximum Gasteiger partial charge on any atom is 3.00 e. The molecule has 37 heavy (non-hydrogen) atoms. The molecular formula is C30H42CoN6+2. The number of hydrogen-bond donors (Lipinski definition) is 0. The molecule has 0 spiro atoms. The molecule has 0 saturated heterocycles. The molecule has 4 aliphatic rings. The predicted molar refractivity (Wildman–Crippen MR) is 154 cm³/mol. The molecule has 2 heterocycles. The van der Waals surface area contributed by atoms with E-state index in [1.165, 1.54) is 59.2 Å². The van der Waals surface area contributed by atoms with Gasteiger partial charge in [0.15, 0.2) is 5.82 Å². The van der Waals surface area contributed by atoms with Crippen LogP contribution in [0.2, 0.25) is 0 Å². The van der Waals surface area contributed by atoms with E-state index in [1.54, 1.807) is 0 Å². The summed E-state index contributed by atoms with van der Waals surface area (Å²) in [6.45, 7) is 29.3. The summed E-state index contributed by atoms with van der Waals surface area (Å²) in [6, 6.07) is 0. The van der Waals surface area contributed by atoms with Crippen molar-refractivity contribution in [2.45, 2.75) is 96.9 Å². The number of rotatable bonds is 0. The average Bonchev–Trinajstić information content (AvgIpc) is 3.08. The zero-order chi connectivity index (χ0) is 27.5. The molecule has 0 amide bonds. The van der Waals surface area contributed by atoms with Gasteiger partial charge in [-0.25, -0.2) is 15.3 Å². The topological polar surface area (TPSA) is 77.6 Å². The Morgan fingerprint density at radius 1 is 0.378 bits per heavy atom. The number of amidine groups is 4. The van der Waals surface area contributed by atoms with Gasteiger partial charge in [0.05, 0.1) is 5.82 Å². The molecule has 0 aromatic carbocycles. The monoisotopic (exact) mass is 545 g/mol. The minimum atomic E-state index is 0. The van der Waals surface area contributed by atoms with Crippen LogP contribution in [0.25, 0.3) is 5.32 Å². The van der Waals surface area contributed by atoms with Crippen LogP contribution in [0.3, 0.4) is 0 Å². The van der Waals surface area contributed by atoms with Gasteiger partial charge in [0.2, 0.25) is 0 Å². The molecule has 0 unspecified atom stereocenters. The van der Waals surface area contributed by atoms with Gasteiger partial charge in [-0.2, -0.15) is 0 Å². The van der Waals surface area contributed by atoms with Crippen LogP contribution < -0.4 is 5.32 Å². The molecule has 0 N–H and O–H groups in total. The Morgan fingerprint density at radius 2 is 0.676 bits per heavy atom. The summed E-state index contributed by atoms with van der Waals surface area (Å²) in [6.07, 6.45) is 0. The quantitative estimate of drug-likeness (QED) is 0.299. The minimum Gasteiger partial charge on any atom is -0.368 e. The summed E-state index contributed by atoms with van der Waals surface area (Å²) in [5.74, 6) is 18.3. The molecule has 2 aliphatic carbocycles. The van der Waals surface area contributed by atoms with E-state index in [0.717, 1.165) is 0 Å². The van der Waals surface area contributed by atoms with Gasteiger partial charge in [0.25, 0.3) is 0 Å². The van der Waals surface area contributed by atoms with E-state index in [9.17, 15) is 0 Å². The van der Waals surface area contributed by atoms with Gasteiger partial charge in [0, 0.05) is 0 Å². The van der Waals surface area contributed by atoms with Crippen LogP contribution in [0.1, 0.15) is 96.9 Å². The maximum atomic E-state index is 4.21. The Bertz CT molecular complexity index is 793. The second-order valence-corrected chi connectivity index (χ2v) is 9.76. The van der Waals surface area contributed by atoms with Gasteiger partial charge < -0.3 is 15.3 Å². The third kappa shape index (κ3) is 8.25. The zero-order valence-electron chi connectivity index (χ0n) is 25.0. The van der Waals surface area contributed by atoms with Crippen LogP contribution in [-0.4, -0.2) is 23.3 Å². The minimum absolute atomic E-state index is 0. The van der Waals surface area contributed by atoms with E-state index in [-0.39, 0.29) is 16.8 Å². The molecule has 2 saturated carbocycles. The summed E-state index contributed by atoms with van der Waals surface area (Å²) >= 11 is 0. The first kappa shape index (κ1) is 33.6. The molecule has 199 valence electrons. The van der Waals surface area contributed by atoms with Crippen molar-refractivity contribution >= 4 is 23.3 Å². The fourth-order valence-corrected chi connectivity index (χ4v) is 4.24. The zero-order valence-corrected chi connectivity index (χ0v) is 26.1. The summed E-state index contributed by atoms with van der Waals surface area (Å²) in [5.41, 5.74) is 0. The smallest absolute Gasteiger partial charge is 0.368 e. The van der Waals surface area contributed by atoms with E-state index in [4.69, 9.17) is 0 Å². The molecule has 0 aromatic rings. The number of nitrogens with zero attached hydrogens (tertiary/aromatic N) is 6. The average molecular weight is 546 g/mol. The van der Waals surface area contributed by atoms with Gasteiger partial charge in [-0.05, 0) is 98.5 Å². The number of hydrogen-bond acceptors (Lipinski definition) is 4. The summed E-state index contributed by atoms with van der Waals surface area (Å²) in [4.78, 5) is 16.7. The van der Waals surface area contributed by atoms with Crippen LogP contribution in [0.4, 0.5) is 0 Å². The van der Waals surface area contributed by atoms with Crippen LogP contribution in [0, 0.1) is 59.2 Å². The summed E-state index contributed by atoms with van der Waals surface area (Å²) < 4.78 is 0. The normalized spacial score (nSPS) is 24.2. The molecule has 11 radical (unpaired) electrons. The molecule has 4 rings (SSSR count). The first-order valence-corrected chi connectivity index (χ1v) is 12.4. The Balaban J connectivity index is 0.000000287. The van der Waals surface area contributed by atoms with Crippen molar-refractivity contribution in [3.05, 3.63) is 76.1 Å². The maximum absolute atomic E-state index is 4.21. The summed E-state index contributed by atoms with van der Waals surface area (Å²) in [5, 5.41) is 8.32. The third-order valence-corrected chi connectivity index (χ3v) is 7.54. The second kappa shape index (κ2) is 14.1. The summed E-state index contributed by atoms with van der Waals surface area (Å²) in [7, 11) is 0. The van der Waals surface area contributed by atoms with Crippen LogP contribution >= 0.6 is 0 Å². The molecular weight excluding hydrogens is 503 g/mol. The molecule has 2 fully saturated rings. The Hall–Kier alpha value is -1.47. The van der Waals surface area contributed by atoms with Gasteiger partial charge in [0.1, 0.15) is 11.7 Å². The fourth-order valence-electron chi connectivity index (χ4n) is 4.24. The van der Waals surface area contributed by atoms with Crippen molar-refractivity contribution in [3.8, 4) is 0 Å². The first-order chi connectivity index (χ1) is 16.6. The Kier molecular flexibility index (Phi) is 12.8. The van der Waals surface area contributed by atoms with Gasteiger partial charge in [-0.1, -0.05) is 69.2 Å². The van der Waals surface area contributed by atoms with Gasteiger partial charge >= 0.3 is 16.8 Å². The van der Waals surface area contributed by atoms with E-state index in [2.05, 4.69) is 99.8 Å². The SMILES string of the molecule is CC1=NC(=C2N=C(C)N=C(C)[N-]2)N=C(C)[N]1.C[C]1[C](C)[C](C)[C](C)[C]1C.C[C]1[C](C)[C](C)[C](C)[C]1C.[Co+3]. The van der Waals surface area contributed by atoms with Crippen LogP contribution in [0.15, 0.2) is 31.6 Å². The Labute approximate surface area is 238 Å². The standard InChI is InChI=1S/C10H12N6.2C10H15.Co/c1-5-11-6(2)14-9(13-5)10-15-7(3)12-8(4)16-10;2*1-6-7(2)9(4)10(5)8(6)3;/h1-4H3;2*1-5H3;/q-1;;;+3. The van der Waals surface area contributed by atoms with Crippen molar-refractivity contribution in [3.63, 3.8) is 0 Å². The van der Waals surface area contributed by atoms with E-state index < -0.39 is 0 Å². The van der Waals surface area contributed by atoms with Crippen LogP contribution in [-0.2, 0) is 16.8 Å². The third-order valence-electron chi connectivity index (χ3n) is 7.54. The largest absolute Gasteiger partial charge is 3.00 e. The fraction of sp³-hybridized carbons (Fsp3) is 0.467. The van der Waals surface area contributed by atoms with E-state index >= 15 is 0 Å². The molecule has 6 nitrogen and oxygen atoms in total. The molecule has 0 atom stereocenters. The molecule has 7 heteroatoms. The second-order valence-electron chi connectivity index (χ2n) is 9.76. The van der Waals surface area contributed by atoms with Crippen molar-refractivity contribution in [2.24, 2.45) is 20.0 Å². The van der Waals surface area contributed by atoms with Crippen molar-refractivity contribution < 1.29 is 16.8 Å². The van der Waals surface area contributed by atoms with Crippen molar-refractivity contribution in [2.75, 3.05) is 0 Å². The number of aliphatic imine (C=N–C) groups is 4. The first-order valence-electron chi connectivity index (χ1n) is 12.4. The molecule has 2 aliphatic heterocycles.